The van der Waals surface area contributed by atoms with E-state index in [-0.39, 0.29) is 34.6 Å². The first-order valence-corrected chi connectivity index (χ1v) is 16.5. The van der Waals surface area contributed by atoms with Gasteiger partial charge in [-0.25, -0.2) is 0 Å². The van der Waals surface area contributed by atoms with Gasteiger partial charge >= 0.3 is 5.97 Å². The molecule has 4 fully saturated rings. The zero-order valence-electron chi connectivity index (χ0n) is 26.7. The standard InChI is InChI=1S/C37H47N3O4/c1-25(2)40-23-30(22-38-40)29-6-5-7-32(21-29)39(34(41)27-8-10-28(11-9-27)35(42)43)24-36-14-17-37(18-15-36,19-16-36)31-12-13-33(44-4)26(3)20-31/h5-7,12-13,20-23,25,27-28H,8-11,14-19,24H2,1-4H3,(H,42,43). The van der Waals surface area contributed by atoms with E-state index in [1.54, 1.807) is 7.11 Å². The Labute approximate surface area is 261 Å². The molecule has 1 heterocycles. The Kier molecular flexibility index (Phi) is 8.33. The van der Waals surface area contributed by atoms with Crippen molar-refractivity contribution in [2.24, 2.45) is 17.3 Å². The monoisotopic (exact) mass is 597 g/mol. The third kappa shape index (κ3) is 5.78. The number of carboxylic acids is 1. The van der Waals surface area contributed by atoms with Crippen LogP contribution < -0.4 is 9.64 Å². The van der Waals surface area contributed by atoms with E-state index >= 15 is 0 Å². The van der Waals surface area contributed by atoms with E-state index in [0.717, 1.165) is 67.6 Å². The van der Waals surface area contributed by atoms with Gasteiger partial charge in [0.15, 0.2) is 0 Å². The summed E-state index contributed by atoms with van der Waals surface area (Å²) in [6.45, 7) is 7.08. The van der Waals surface area contributed by atoms with E-state index in [9.17, 15) is 14.7 Å². The van der Waals surface area contributed by atoms with E-state index in [1.807, 2.05) is 10.9 Å². The van der Waals surface area contributed by atoms with Crippen molar-refractivity contribution in [3.05, 3.63) is 66.0 Å². The van der Waals surface area contributed by atoms with Crippen molar-refractivity contribution >= 4 is 17.6 Å². The fourth-order valence-electron chi connectivity index (χ4n) is 8.20. The van der Waals surface area contributed by atoms with Crippen molar-refractivity contribution in [2.75, 3.05) is 18.6 Å². The molecule has 3 aromatic rings. The van der Waals surface area contributed by atoms with Crippen LogP contribution >= 0.6 is 0 Å². The number of aryl methyl sites for hydroxylation is 1. The maximum atomic E-state index is 14.4. The second-order valence-electron chi connectivity index (χ2n) is 14.1. The summed E-state index contributed by atoms with van der Waals surface area (Å²) in [5.74, 6) is -0.106. The van der Waals surface area contributed by atoms with Gasteiger partial charge in [-0.15, -0.1) is 0 Å². The molecule has 4 aliphatic carbocycles. The van der Waals surface area contributed by atoms with E-state index < -0.39 is 5.97 Å². The van der Waals surface area contributed by atoms with E-state index in [0.29, 0.717) is 25.7 Å². The highest BCUT2D eigenvalue weighted by atomic mass is 16.5. The number of rotatable bonds is 9. The molecule has 0 spiro atoms. The van der Waals surface area contributed by atoms with Gasteiger partial charge < -0.3 is 14.7 Å². The van der Waals surface area contributed by atoms with E-state index in [4.69, 9.17) is 4.74 Å². The Hall–Kier alpha value is -3.61. The summed E-state index contributed by atoms with van der Waals surface area (Å²) in [6.07, 6.45) is 13.1. The summed E-state index contributed by atoms with van der Waals surface area (Å²) < 4.78 is 7.50. The van der Waals surface area contributed by atoms with Gasteiger partial charge in [0.1, 0.15) is 5.75 Å². The lowest BCUT2D eigenvalue weighted by Crippen LogP contribution is -2.51. The molecule has 0 radical (unpaired) electrons. The fourth-order valence-corrected chi connectivity index (χ4v) is 8.20. The summed E-state index contributed by atoms with van der Waals surface area (Å²) in [6, 6.07) is 15.4. The Morgan fingerprint density at radius 1 is 0.977 bits per heavy atom. The Morgan fingerprint density at radius 3 is 2.25 bits per heavy atom. The summed E-state index contributed by atoms with van der Waals surface area (Å²) >= 11 is 0. The van der Waals surface area contributed by atoms with Gasteiger partial charge in [-0.3, -0.25) is 14.3 Å². The number of hydrogen-bond acceptors (Lipinski definition) is 4. The summed E-state index contributed by atoms with van der Waals surface area (Å²) in [4.78, 5) is 28.1. The molecule has 2 bridgehead atoms. The molecule has 7 rings (SSSR count). The molecule has 0 aliphatic heterocycles. The molecule has 0 atom stereocenters. The lowest BCUT2D eigenvalue weighted by atomic mass is 9.51. The van der Waals surface area contributed by atoms with Crippen LogP contribution in [0, 0.1) is 24.2 Å². The largest absolute Gasteiger partial charge is 0.496 e. The minimum atomic E-state index is -0.735. The van der Waals surface area contributed by atoms with Crippen LogP contribution in [0.3, 0.4) is 0 Å². The van der Waals surface area contributed by atoms with Gasteiger partial charge in [-0.2, -0.15) is 5.10 Å². The van der Waals surface area contributed by atoms with Gasteiger partial charge in [0.25, 0.3) is 0 Å². The number of carbonyl (C=O) groups excluding carboxylic acids is 1. The maximum absolute atomic E-state index is 14.4. The first kappa shape index (κ1) is 30.4. The van der Waals surface area contributed by atoms with Crippen molar-refractivity contribution in [1.29, 1.82) is 0 Å². The average Bonchev–Trinajstić information content (AvgIpc) is 3.56. The van der Waals surface area contributed by atoms with Crippen LogP contribution in [-0.2, 0) is 15.0 Å². The third-order valence-electron chi connectivity index (χ3n) is 11.2. The Balaban J connectivity index is 1.26. The first-order valence-electron chi connectivity index (χ1n) is 16.5. The van der Waals surface area contributed by atoms with Crippen LogP contribution in [0.2, 0.25) is 0 Å². The minimum Gasteiger partial charge on any atom is -0.496 e. The number of aromatic nitrogens is 2. The summed E-state index contributed by atoms with van der Waals surface area (Å²) in [7, 11) is 1.73. The maximum Gasteiger partial charge on any atom is 0.306 e. The van der Waals surface area contributed by atoms with Crippen LogP contribution in [0.25, 0.3) is 11.1 Å². The number of ether oxygens (including phenoxy) is 1. The predicted molar refractivity (Wildman–Crippen MR) is 173 cm³/mol. The molecule has 4 aliphatic rings. The SMILES string of the molecule is COc1ccc(C23CCC(CN(C(=O)C4CCC(C(=O)O)CC4)c4cccc(-c5cnn(C(C)C)c5)c4)(CC2)CC3)cc1C. The van der Waals surface area contributed by atoms with Crippen LogP contribution in [0.15, 0.2) is 54.9 Å². The molecule has 0 unspecified atom stereocenters. The number of methoxy groups -OCH3 is 1. The number of nitrogens with zero attached hydrogens (tertiary/aromatic N) is 3. The predicted octanol–water partition coefficient (Wildman–Crippen LogP) is 7.96. The molecule has 7 nitrogen and oxygen atoms in total. The highest BCUT2D eigenvalue weighted by Crippen LogP contribution is 2.58. The van der Waals surface area contributed by atoms with Crippen molar-refractivity contribution in [1.82, 2.24) is 9.78 Å². The van der Waals surface area contributed by atoms with E-state index in [2.05, 4.69) is 79.4 Å². The second kappa shape index (κ2) is 12.1. The number of carbonyl (C=O) groups is 2. The molecule has 1 N–H and O–H groups in total. The summed E-state index contributed by atoms with van der Waals surface area (Å²) in [5.41, 5.74) is 5.96. The van der Waals surface area contributed by atoms with E-state index in [1.165, 1.54) is 11.1 Å². The molecular formula is C37H47N3O4. The van der Waals surface area contributed by atoms with Gasteiger partial charge in [-0.05, 0) is 131 Å². The number of anilines is 1. The highest BCUT2D eigenvalue weighted by Gasteiger charge is 2.50. The Morgan fingerprint density at radius 2 is 1.66 bits per heavy atom. The third-order valence-corrected chi connectivity index (χ3v) is 11.2. The number of hydrogen-bond donors (Lipinski definition) is 1. The first-order chi connectivity index (χ1) is 21.1. The molecule has 2 aromatic carbocycles. The van der Waals surface area contributed by atoms with Gasteiger partial charge in [-0.1, -0.05) is 24.3 Å². The molecule has 0 saturated heterocycles. The number of benzene rings is 2. The molecule has 234 valence electrons. The van der Waals surface area contributed by atoms with Crippen LogP contribution in [0.4, 0.5) is 5.69 Å². The molecule has 44 heavy (non-hydrogen) atoms. The van der Waals surface area contributed by atoms with Crippen LogP contribution in [0.5, 0.6) is 5.75 Å². The van der Waals surface area contributed by atoms with Crippen molar-refractivity contribution in [2.45, 2.75) is 96.4 Å². The number of carboxylic acid groups (broad SMARTS) is 1. The highest BCUT2D eigenvalue weighted by molar-refractivity contribution is 5.96. The zero-order valence-corrected chi connectivity index (χ0v) is 26.7. The number of fused-ring (bicyclic) bond motifs is 3. The van der Waals surface area contributed by atoms with Crippen molar-refractivity contribution < 1.29 is 19.4 Å². The number of aliphatic carboxylic acids is 1. The molecular weight excluding hydrogens is 550 g/mol. The van der Waals surface area contributed by atoms with Crippen molar-refractivity contribution in [3.63, 3.8) is 0 Å². The molecule has 1 amide bonds. The van der Waals surface area contributed by atoms with Gasteiger partial charge in [0.2, 0.25) is 5.91 Å². The normalized spacial score (nSPS) is 26.5. The minimum absolute atomic E-state index is 0.0930. The molecule has 4 saturated carbocycles. The van der Waals surface area contributed by atoms with Crippen molar-refractivity contribution in [3.8, 4) is 16.9 Å². The summed E-state index contributed by atoms with van der Waals surface area (Å²) in [5, 5.41) is 14.1. The lowest BCUT2D eigenvalue weighted by molar-refractivity contribution is -0.144. The van der Waals surface area contributed by atoms with Crippen LogP contribution in [0.1, 0.15) is 95.2 Å². The zero-order chi connectivity index (χ0) is 31.1. The molecule has 1 aromatic heterocycles. The lowest BCUT2D eigenvalue weighted by Gasteiger charge is -2.55. The van der Waals surface area contributed by atoms with Gasteiger partial charge in [0.05, 0.1) is 19.2 Å². The fraction of sp³-hybridized carbons (Fsp3) is 0.541. The average molecular weight is 598 g/mol. The quantitative estimate of drug-likeness (QED) is 0.270. The number of amides is 1. The molecule has 7 heteroatoms. The second-order valence-corrected chi connectivity index (χ2v) is 14.1. The topological polar surface area (TPSA) is 84.7 Å². The van der Waals surface area contributed by atoms with Gasteiger partial charge in [0, 0.05) is 36.0 Å². The van der Waals surface area contributed by atoms with Crippen LogP contribution in [-0.4, -0.2) is 40.4 Å². The smallest absolute Gasteiger partial charge is 0.306 e. The Bertz CT molecular complexity index is 1490.